The maximum absolute atomic E-state index is 13.3. The number of hydrogen-bond donors (Lipinski definition) is 2. The number of nitrogens with one attached hydrogen (secondary N) is 2. The van der Waals surface area contributed by atoms with E-state index >= 15 is 0 Å². The van der Waals surface area contributed by atoms with Crippen LogP contribution in [0.15, 0.2) is 0 Å². The van der Waals surface area contributed by atoms with Gasteiger partial charge in [-0.05, 0) is 44.4 Å². The number of nitrogens with zero attached hydrogens (tertiary/aromatic N) is 2. The molecule has 2 N–H and O–H groups in total. The molecule has 4 rings (SSSR count). The molecule has 3 aliphatic carbocycles. The molecule has 1 heterocycles. The average molecular weight is 352 g/mol. The van der Waals surface area contributed by atoms with Gasteiger partial charge in [0.1, 0.15) is 5.82 Å². The molecule has 25 heavy (non-hydrogen) atoms. The van der Waals surface area contributed by atoms with Gasteiger partial charge in [0, 0.05) is 37.4 Å². The van der Waals surface area contributed by atoms with Gasteiger partial charge in [-0.2, -0.15) is 5.10 Å². The quantitative estimate of drug-likeness (QED) is 0.837. The van der Waals surface area contributed by atoms with Crippen LogP contribution in [0.2, 0.25) is 0 Å². The number of rotatable bonds is 5. The van der Waals surface area contributed by atoms with Gasteiger partial charge in [0.25, 0.3) is 0 Å². The van der Waals surface area contributed by atoms with E-state index in [1.807, 2.05) is 6.92 Å². The van der Waals surface area contributed by atoms with Gasteiger partial charge < -0.3 is 5.32 Å². The number of carbonyl (C=O) groups is 1. The van der Waals surface area contributed by atoms with Crippen molar-refractivity contribution in [2.24, 2.45) is 13.0 Å². The minimum Gasteiger partial charge on any atom is -0.335 e. The normalized spacial score (nSPS) is 24.3. The molecule has 0 aromatic carbocycles. The second-order valence-corrected chi connectivity index (χ2v) is 8.08. The first-order chi connectivity index (χ1) is 11.8. The van der Waals surface area contributed by atoms with Crippen molar-refractivity contribution in [3.63, 3.8) is 0 Å². The van der Waals surface area contributed by atoms with Crippen molar-refractivity contribution < 1.29 is 13.6 Å². The minimum atomic E-state index is -2.57. The van der Waals surface area contributed by atoms with Gasteiger partial charge in [-0.1, -0.05) is 6.42 Å². The lowest BCUT2D eigenvalue weighted by molar-refractivity contribution is -0.0879. The molecule has 2 amide bonds. The molecule has 3 fully saturated rings. The van der Waals surface area contributed by atoms with E-state index < -0.39 is 5.92 Å². The highest BCUT2D eigenvalue weighted by Gasteiger charge is 2.49. The van der Waals surface area contributed by atoms with E-state index in [1.54, 1.807) is 11.7 Å². The number of urea groups is 1. The van der Waals surface area contributed by atoms with E-state index in [1.165, 1.54) is 12.8 Å². The standard InChI is InChI=1S/C18H26F2N4O/c1-10(11-6-7-11)21-17(25)22-16-14(12-4-3-5-12)15(23-24(16)2)13-8-18(19,20)9-13/h10-13H,3-9H2,1-2H3,(H2,21,22,25)/t10-/m1/s1. The summed E-state index contributed by atoms with van der Waals surface area (Å²) in [4.78, 5) is 12.4. The zero-order valence-corrected chi connectivity index (χ0v) is 14.8. The van der Waals surface area contributed by atoms with Gasteiger partial charge in [0.05, 0.1) is 5.69 Å². The number of anilines is 1. The predicted octanol–water partition coefficient (Wildman–Crippen LogP) is 4.12. The molecule has 0 unspecified atom stereocenters. The van der Waals surface area contributed by atoms with Crippen molar-refractivity contribution in [2.75, 3.05) is 5.32 Å². The highest BCUT2D eigenvalue weighted by molar-refractivity contribution is 5.89. The van der Waals surface area contributed by atoms with E-state index in [0.717, 1.165) is 30.5 Å². The molecule has 1 aromatic heterocycles. The lowest BCUT2D eigenvalue weighted by atomic mass is 9.73. The Morgan fingerprint density at radius 2 is 1.92 bits per heavy atom. The van der Waals surface area contributed by atoms with Crippen LogP contribution in [-0.2, 0) is 7.05 Å². The summed E-state index contributed by atoms with van der Waals surface area (Å²) in [6, 6.07) is -0.0707. The van der Waals surface area contributed by atoms with Gasteiger partial charge in [-0.25, -0.2) is 13.6 Å². The largest absolute Gasteiger partial charge is 0.335 e. The number of alkyl halides is 2. The van der Waals surface area contributed by atoms with Crippen LogP contribution < -0.4 is 10.6 Å². The van der Waals surface area contributed by atoms with Crippen molar-refractivity contribution in [3.05, 3.63) is 11.3 Å². The zero-order chi connectivity index (χ0) is 17.8. The summed E-state index contributed by atoms with van der Waals surface area (Å²) in [6.45, 7) is 2.02. The van der Waals surface area contributed by atoms with Crippen LogP contribution in [0.25, 0.3) is 0 Å². The predicted molar refractivity (Wildman–Crippen MR) is 91.1 cm³/mol. The summed E-state index contributed by atoms with van der Waals surface area (Å²) >= 11 is 0. The zero-order valence-electron chi connectivity index (χ0n) is 14.8. The van der Waals surface area contributed by atoms with Gasteiger partial charge in [0.15, 0.2) is 0 Å². The number of amides is 2. The first-order valence-corrected chi connectivity index (χ1v) is 9.36. The number of halogens is 2. The number of carbonyl (C=O) groups excluding carboxylic acids is 1. The Labute approximate surface area is 146 Å². The first kappa shape index (κ1) is 16.8. The lowest BCUT2D eigenvalue weighted by Crippen LogP contribution is -2.38. The van der Waals surface area contributed by atoms with Gasteiger partial charge in [-0.3, -0.25) is 10.00 Å². The SMILES string of the molecule is C[C@@H](NC(=O)Nc1c(C2CCC2)c(C2CC(F)(F)C2)nn1C)C1CC1. The molecule has 138 valence electrons. The molecular weight excluding hydrogens is 326 g/mol. The summed E-state index contributed by atoms with van der Waals surface area (Å²) in [5, 5.41) is 10.5. The van der Waals surface area contributed by atoms with Crippen LogP contribution >= 0.6 is 0 Å². The van der Waals surface area contributed by atoms with Gasteiger partial charge >= 0.3 is 6.03 Å². The van der Waals surface area contributed by atoms with Crippen LogP contribution in [0.5, 0.6) is 0 Å². The third-order valence-electron chi connectivity index (χ3n) is 6.02. The molecule has 0 saturated heterocycles. The van der Waals surface area contributed by atoms with Crippen LogP contribution in [0.4, 0.5) is 19.4 Å². The van der Waals surface area contributed by atoms with Crippen molar-refractivity contribution in [1.29, 1.82) is 0 Å². The second kappa shape index (κ2) is 5.95. The highest BCUT2D eigenvalue weighted by Crippen LogP contribution is 2.52. The van der Waals surface area contributed by atoms with E-state index in [-0.39, 0.29) is 30.8 Å². The average Bonchev–Trinajstić information content (AvgIpc) is 3.24. The summed E-state index contributed by atoms with van der Waals surface area (Å²) in [5.41, 5.74) is 1.76. The minimum absolute atomic E-state index is 0.131. The number of hydrogen-bond acceptors (Lipinski definition) is 2. The van der Waals surface area contributed by atoms with Crippen LogP contribution in [0, 0.1) is 5.92 Å². The van der Waals surface area contributed by atoms with Crippen molar-refractivity contribution in [1.82, 2.24) is 15.1 Å². The number of aromatic nitrogens is 2. The first-order valence-electron chi connectivity index (χ1n) is 9.36. The maximum atomic E-state index is 13.3. The van der Waals surface area contributed by atoms with E-state index in [2.05, 4.69) is 15.7 Å². The van der Waals surface area contributed by atoms with Gasteiger partial charge in [0.2, 0.25) is 5.92 Å². The Balaban J connectivity index is 1.53. The summed E-state index contributed by atoms with van der Waals surface area (Å²) < 4.78 is 28.3. The number of aryl methyl sites for hydroxylation is 1. The van der Waals surface area contributed by atoms with Gasteiger partial charge in [-0.15, -0.1) is 0 Å². The summed E-state index contributed by atoms with van der Waals surface area (Å²) in [7, 11) is 1.78. The molecule has 0 bridgehead atoms. The highest BCUT2D eigenvalue weighted by atomic mass is 19.3. The molecule has 1 aromatic rings. The van der Waals surface area contributed by atoms with Crippen molar-refractivity contribution in [3.8, 4) is 0 Å². The molecule has 3 aliphatic rings. The van der Waals surface area contributed by atoms with Crippen LogP contribution in [0.3, 0.4) is 0 Å². The topological polar surface area (TPSA) is 59.0 Å². The Morgan fingerprint density at radius 3 is 2.44 bits per heavy atom. The molecule has 7 heteroatoms. The van der Waals surface area contributed by atoms with Crippen LogP contribution in [0.1, 0.15) is 75.0 Å². The second-order valence-electron chi connectivity index (χ2n) is 8.08. The lowest BCUT2D eigenvalue weighted by Gasteiger charge is -2.36. The molecule has 0 radical (unpaired) electrons. The summed E-state index contributed by atoms with van der Waals surface area (Å²) in [5.74, 6) is -1.18. The van der Waals surface area contributed by atoms with E-state index in [0.29, 0.717) is 17.7 Å². The smallest absolute Gasteiger partial charge is 0.320 e. The maximum Gasteiger partial charge on any atom is 0.320 e. The van der Waals surface area contributed by atoms with E-state index in [9.17, 15) is 13.6 Å². The monoisotopic (exact) mass is 352 g/mol. The fourth-order valence-electron chi connectivity index (χ4n) is 4.03. The third-order valence-corrected chi connectivity index (χ3v) is 6.02. The molecule has 1 atom stereocenters. The Kier molecular flexibility index (Phi) is 4.00. The molecule has 0 aliphatic heterocycles. The fraction of sp³-hybridized carbons (Fsp3) is 0.778. The van der Waals surface area contributed by atoms with Crippen LogP contribution in [-0.4, -0.2) is 27.8 Å². The molecule has 5 nitrogen and oxygen atoms in total. The Bertz CT molecular complexity index is 671. The van der Waals surface area contributed by atoms with Crippen molar-refractivity contribution in [2.45, 2.75) is 75.7 Å². The van der Waals surface area contributed by atoms with E-state index in [4.69, 9.17) is 0 Å². The third kappa shape index (κ3) is 3.25. The molecule has 0 spiro atoms. The Hall–Kier alpha value is -1.66. The molecular formula is C18H26F2N4O. The summed E-state index contributed by atoms with van der Waals surface area (Å²) in [6.07, 6.45) is 5.29. The Morgan fingerprint density at radius 1 is 1.24 bits per heavy atom. The molecule has 3 saturated carbocycles. The van der Waals surface area contributed by atoms with Crippen molar-refractivity contribution >= 4 is 11.8 Å². The fourth-order valence-corrected chi connectivity index (χ4v) is 4.03.